The van der Waals surface area contributed by atoms with Gasteiger partial charge in [-0.15, -0.1) is 11.6 Å². The summed E-state index contributed by atoms with van der Waals surface area (Å²) in [6.45, 7) is 2.70. The Labute approximate surface area is 103 Å². The molecule has 0 bridgehead atoms. The lowest BCUT2D eigenvalue weighted by molar-refractivity contribution is 0.394. The second kappa shape index (κ2) is 6.12. The van der Waals surface area contributed by atoms with Gasteiger partial charge in [-0.2, -0.15) is 4.98 Å². The number of hydrogen-bond donors (Lipinski definition) is 1. The fraction of sp³-hybridized carbons (Fsp3) is 0.556. The van der Waals surface area contributed by atoms with E-state index in [0.29, 0.717) is 11.8 Å². The molecule has 1 atom stereocenters. The molecule has 0 saturated carbocycles. The van der Waals surface area contributed by atoms with E-state index in [1.54, 1.807) is 13.3 Å². The SMILES string of the molecule is COc1nc(NCCC(C)Cl)ncc1Br. The lowest BCUT2D eigenvalue weighted by Crippen LogP contribution is -2.09. The fourth-order valence-corrected chi connectivity index (χ4v) is 1.42. The first-order chi connectivity index (χ1) is 7.13. The van der Waals surface area contributed by atoms with Gasteiger partial charge in [-0.3, -0.25) is 0 Å². The normalized spacial score (nSPS) is 12.3. The number of anilines is 1. The highest BCUT2D eigenvalue weighted by Gasteiger charge is 2.04. The van der Waals surface area contributed by atoms with Crippen LogP contribution in [0.5, 0.6) is 5.88 Å². The van der Waals surface area contributed by atoms with E-state index in [2.05, 4.69) is 31.2 Å². The zero-order chi connectivity index (χ0) is 11.3. The van der Waals surface area contributed by atoms with Crippen LogP contribution >= 0.6 is 27.5 Å². The van der Waals surface area contributed by atoms with Gasteiger partial charge in [0.1, 0.15) is 0 Å². The number of nitrogens with one attached hydrogen (secondary N) is 1. The molecule has 1 heterocycles. The molecule has 0 aliphatic heterocycles. The number of ether oxygens (including phenoxy) is 1. The standard InChI is InChI=1S/C9H13BrClN3O/c1-6(11)3-4-12-9-13-5-7(10)8(14-9)15-2/h5-6H,3-4H2,1-2H3,(H,12,13,14). The summed E-state index contributed by atoms with van der Waals surface area (Å²) in [7, 11) is 1.57. The van der Waals surface area contributed by atoms with Gasteiger partial charge in [-0.1, -0.05) is 0 Å². The molecule has 84 valence electrons. The van der Waals surface area contributed by atoms with E-state index in [-0.39, 0.29) is 5.38 Å². The van der Waals surface area contributed by atoms with Crippen LogP contribution in [0, 0.1) is 0 Å². The summed E-state index contributed by atoms with van der Waals surface area (Å²) in [5, 5.41) is 3.22. The van der Waals surface area contributed by atoms with Crippen LogP contribution in [0.3, 0.4) is 0 Å². The third-order valence-corrected chi connectivity index (χ3v) is 2.49. The Kier molecular flexibility index (Phi) is 5.11. The summed E-state index contributed by atoms with van der Waals surface area (Å²) in [5.41, 5.74) is 0. The van der Waals surface area contributed by atoms with E-state index in [0.717, 1.165) is 17.4 Å². The number of methoxy groups -OCH3 is 1. The predicted octanol–water partition coefficient (Wildman–Crippen LogP) is 2.68. The van der Waals surface area contributed by atoms with Gasteiger partial charge in [0, 0.05) is 11.9 Å². The molecule has 0 aliphatic rings. The highest BCUT2D eigenvalue weighted by molar-refractivity contribution is 9.10. The van der Waals surface area contributed by atoms with Gasteiger partial charge in [-0.25, -0.2) is 4.98 Å². The average Bonchev–Trinajstić information content (AvgIpc) is 2.20. The smallest absolute Gasteiger partial charge is 0.232 e. The van der Waals surface area contributed by atoms with Gasteiger partial charge in [0.2, 0.25) is 11.8 Å². The Morgan fingerprint density at radius 3 is 3.00 bits per heavy atom. The molecule has 1 aromatic heterocycles. The summed E-state index contributed by atoms with van der Waals surface area (Å²) in [6, 6.07) is 0. The van der Waals surface area contributed by atoms with Crippen LogP contribution in [-0.2, 0) is 0 Å². The van der Waals surface area contributed by atoms with Gasteiger partial charge in [0.15, 0.2) is 0 Å². The number of rotatable bonds is 5. The van der Waals surface area contributed by atoms with E-state index in [9.17, 15) is 0 Å². The minimum Gasteiger partial charge on any atom is -0.480 e. The first kappa shape index (κ1) is 12.5. The number of halogens is 2. The molecule has 6 heteroatoms. The van der Waals surface area contributed by atoms with Crippen molar-refractivity contribution in [3.05, 3.63) is 10.7 Å². The summed E-state index contributed by atoms with van der Waals surface area (Å²) >= 11 is 9.10. The van der Waals surface area contributed by atoms with Crippen LogP contribution in [0.4, 0.5) is 5.95 Å². The maximum atomic E-state index is 5.81. The topological polar surface area (TPSA) is 47.0 Å². The molecular weight excluding hydrogens is 281 g/mol. The van der Waals surface area contributed by atoms with Crippen LogP contribution in [0.25, 0.3) is 0 Å². The zero-order valence-electron chi connectivity index (χ0n) is 8.63. The molecule has 0 aromatic carbocycles. The highest BCUT2D eigenvalue weighted by Crippen LogP contribution is 2.21. The Balaban J connectivity index is 2.54. The molecule has 1 aromatic rings. The van der Waals surface area contributed by atoms with Crippen LogP contribution in [0.1, 0.15) is 13.3 Å². The van der Waals surface area contributed by atoms with E-state index in [1.807, 2.05) is 6.92 Å². The van der Waals surface area contributed by atoms with E-state index in [4.69, 9.17) is 16.3 Å². The lowest BCUT2D eigenvalue weighted by atomic mass is 10.3. The van der Waals surface area contributed by atoms with Gasteiger partial charge < -0.3 is 10.1 Å². The van der Waals surface area contributed by atoms with Crippen molar-refractivity contribution >= 4 is 33.5 Å². The summed E-state index contributed by atoms with van der Waals surface area (Å²) in [6.07, 6.45) is 2.52. The summed E-state index contributed by atoms with van der Waals surface area (Å²) in [4.78, 5) is 8.24. The van der Waals surface area contributed by atoms with Crippen molar-refractivity contribution in [3.8, 4) is 5.88 Å². The second-order valence-corrected chi connectivity index (χ2v) is 4.65. The molecule has 0 amide bonds. The monoisotopic (exact) mass is 293 g/mol. The Morgan fingerprint density at radius 2 is 2.40 bits per heavy atom. The van der Waals surface area contributed by atoms with Crippen molar-refractivity contribution in [2.24, 2.45) is 0 Å². The number of nitrogens with zero attached hydrogens (tertiary/aromatic N) is 2. The van der Waals surface area contributed by atoms with Crippen LogP contribution in [-0.4, -0.2) is 29.0 Å². The quantitative estimate of drug-likeness (QED) is 0.848. The Bertz CT molecular complexity index is 322. The van der Waals surface area contributed by atoms with E-state index >= 15 is 0 Å². The molecule has 1 rings (SSSR count). The largest absolute Gasteiger partial charge is 0.480 e. The molecular formula is C9H13BrClN3O. The molecule has 0 saturated heterocycles. The first-order valence-electron chi connectivity index (χ1n) is 4.58. The number of alkyl halides is 1. The van der Waals surface area contributed by atoms with Gasteiger partial charge in [-0.05, 0) is 29.3 Å². The van der Waals surface area contributed by atoms with Gasteiger partial charge >= 0.3 is 0 Å². The lowest BCUT2D eigenvalue weighted by Gasteiger charge is -2.07. The Morgan fingerprint density at radius 1 is 1.67 bits per heavy atom. The van der Waals surface area contributed by atoms with Gasteiger partial charge in [0.05, 0.1) is 17.8 Å². The summed E-state index contributed by atoms with van der Waals surface area (Å²) in [5.74, 6) is 1.07. The van der Waals surface area contributed by atoms with Crippen molar-refractivity contribution in [2.75, 3.05) is 19.0 Å². The van der Waals surface area contributed by atoms with Crippen LogP contribution in [0.2, 0.25) is 0 Å². The van der Waals surface area contributed by atoms with Crippen molar-refractivity contribution < 1.29 is 4.74 Å². The minimum absolute atomic E-state index is 0.148. The average molecular weight is 295 g/mol. The second-order valence-electron chi connectivity index (χ2n) is 3.05. The Hall–Kier alpha value is -0.550. The molecule has 0 fully saturated rings. The highest BCUT2D eigenvalue weighted by atomic mass is 79.9. The molecule has 1 unspecified atom stereocenters. The minimum atomic E-state index is 0.148. The fourth-order valence-electron chi connectivity index (χ4n) is 0.963. The number of aromatic nitrogens is 2. The molecule has 0 spiro atoms. The van der Waals surface area contributed by atoms with Crippen molar-refractivity contribution in [1.29, 1.82) is 0 Å². The number of hydrogen-bond acceptors (Lipinski definition) is 4. The predicted molar refractivity (Wildman–Crippen MR) is 64.7 cm³/mol. The molecule has 0 radical (unpaired) electrons. The van der Waals surface area contributed by atoms with Crippen LogP contribution < -0.4 is 10.1 Å². The zero-order valence-corrected chi connectivity index (χ0v) is 11.0. The third kappa shape index (κ3) is 4.22. The molecule has 0 aliphatic carbocycles. The van der Waals surface area contributed by atoms with Crippen LogP contribution in [0.15, 0.2) is 10.7 Å². The maximum absolute atomic E-state index is 5.81. The van der Waals surface area contributed by atoms with E-state index < -0.39 is 0 Å². The maximum Gasteiger partial charge on any atom is 0.232 e. The van der Waals surface area contributed by atoms with Crippen molar-refractivity contribution in [3.63, 3.8) is 0 Å². The summed E-state index contributed by atoms with van der Waals surface area (Å²) < 4.78 is 5.79. The molecule has 15 heavy (non-hydrogen) atoms. The van der Waals surface area contributed by atoms with Gasteiger partial charge in [0.25, 0.3) is 0 Å². The third-order valence-electron chi connectivity index (χ3n) is 1.73. The first-order valence-corrected chi connectivity index (χ1v) is 5.81. The van der Waals surface area contributed by atoms with Crippen molar-refractivity contribution in [2.45, 2.75) is 18.7 Å². The van der Waals surface area contributed by atoms with Crippen molar-refractivity contribution in [1.82, 2.24) is 9.97 Å². The molecule has 1 N–H and O–H groups in total. The molecule has 4 nitrogen and oxygen atoms in total. The van der Waals surface area contributed by atoms with E-state index in [1.165, 1.54) is 0 Å².